The second-order valence-electron chi connectivity index (χ2n) is 11.8. The van der Waals surface area contributed by atoms with E-state index in [9.17, 15) is 0 Å². The maximum Gasteiger partial charge on any atom is -0.147 e. The van der Waals surface area contributed by atoms with Gasteiger partial charge in [0.2, 0.25) is 0 Å². The number of hydrogen-bond acceptors (Lipinski definition) is 3. The van der Waals surface area contributed by atoms with Gasteiger partial charge in [-0.3, -0.25) is 0 Å². The van der Waals surface area contributed by atoms with E-state index < -0.39 is 14.2 Å². The van der Waals surface area contributed by atoms with Crippen LogP contribution in [0.2, 0.25) is 23.2 Å². The Morgan fingerprint density at radius 3 is 1.42 bits per heavy atom. The summed E-state index contributed by atoms with van der Waals surface area (Å²) < 4.78 is 30.0. The Balaban J connectivity index is 0. The van der Waals surface area contributed by atoms with Crippen molar-refractivity contribution < 1.29 is 22.6 Å². The van der Waals surface area contributed by atoms with E-state index in [1.54, 1.807) is 21.3 Å². The molecule has 1 aliphatic rings. The van der Waals surface area contributed by atoms with Crippen molar-refractivity contribution >= 4 is 24.8 Å². The second-order valence-corrected chi connectivity index (χ2v) is 64.9. The van der Waals surface area contributed by atoms with Crippen molar-refractivity contribution in [3.05, 3.63) is 21.5 Å². The number of halogens is 2. The third-order valence-electron chi connectivity index (χ3n) is 6.64. The SMILES string of the molecule is C[O][Zr]([CH3])([CH3])([CH3])([CH3])([CH3])([O]C)([O]C)[C]1=CC=CC1.Cl.Cl. The molecule has 0 aliphatic heterocycles. The molecule has 0 fully saturated rings. The summed E-state index contributed by atoms with van der Waals surface area (Å²) in [5.74, 6) is 0. The Morgan fingerprint density at radius 1 is 0.842 bits per heavy atom. The molecular weight excluding hydrogens is 366 g/mol. The molecule has 0 atom stereocenters. The van der Waals surface area contributed by atoms with Crippen molar-refractivity contribution in [3.63, 3.8) is 0 Å². The molecule has 1 aliphatic carbocycles. The molecule has 0 amide bonds. The van der Waals surface area contributed by atoms with Crippen LogP contribution >= 0.6 is 24.8 Å². The van der Waals surface area contributed by atoms with Crippen LogP contribution in [0, 0.1) is 0 Å². The first kappa shape index (κ1) is 22.1. The normalized spacial score (nSPS) is 25.9. The molecule has 0 saturated heterocycles. The zero-order chi connectivity index (χ0) is 13.9. The van der Waals surface area contributed by atoms with Crippen LogP contribution < -0.4 is 0 Å². The van der Waals surface area contributed by atoms with Gasteiger partial charge < -0.3 is 0 Å². The topological polar surface area (TPSA) is 27.7 Å². The summed E-state index contributed by atoms with van der Waals surface area (Å²) in [7, 11) is 5.04. The predicted molar refractivity (Wildman–Crippen MR) is 86.7 cm³/mol. The Kier molecular flexibility index (Phi) is 3.17. The molecular formula is C13H31Cl2O3Zr. The van der Waals surface area contributed by atoms with E-state index in [-0.39, 0.29) is 24.8 Å². The van der Waals surface area contributed by atoms with Crippen molar-refractivity contribution in [2.24, 2.45) is 0 Å². The van der Waals surface area contributed by atoms with Gasteiger partial charge in [0.1, 0.15) is 0 Å². The van der Waals surface area contributed by atoms with Crippen molar-refractivity contribution in [2.45, 2.75) is 29.6 Å². The van der Waals surface area contributed by atoms with Gasteiger partial charge in [-0.2, -0.15) is 0 Å². The van der Waals surface area contributed by atoms with Crippen molar-refractivity contribution in [1.82, 2.24) is 0 Å². The molecule has 0 aromatic heterocycles. The first-order chi connectivity index (χ1) is 7.00. The zero-order valence-corrected chi connectivity index (χ0v) is 17.6. The van der Waals surface area contributed by atoms with Gasteiger partial charge in [0.25, 0.3) is 0 Å². The van der Waals surface area contributed by atoms with Crippen LogP contribution in [-0.4, -0.2) is 21.3 Å². The molecule has 0 bridgehead atoms. The Bertz CT molecular complexity index is 505. The fraction of sp³-hybridized carbons (Fsp3) is 0.692. The maximum atomic E-state index is 6.27. The maximum absolute atomic E-state index is 6.27. The smallest absolute Gasteiger partial charge is 0.147 e. The largest absolute Gasteiger partial charge is 0.147 e. The van der Waals surface area contributed by atoms with Crippen LogP contribution in [0.25, 0.3) is 0 Å². The van der Waals surface area contributed by atoms with Crippen molar-refractivity contribution in [3.8, 4) is 0 Å². The van der Waals surface area contributed by atoms with E-state index >= 15 is 0 Å². The molecule has 6 heteroatoms. The standard InChI is InChI=1S/C5H5.3CH3O.5CH3.2ClH.Zr/c1-2-4-5-3-1;3*1-2;;;;;;;;/h1-3H,4H2;3*1H3;5*1H3;2*1H;/q;3*-1;;;;;;;;+3. The molecule has 0 unspecified atom stereocenters. The minimum atomic E-state index is -6.13. The Hall–Kier alpha value is 0.823. The molecule has 1 rings (SSSR count). The van der Waals surface area contributed by atoms with Crippen LogP contribution in [0.5, 0.6) is 0 Å². The minimum absolute atomic E-state index is 0. The molecule has 0 N–H and O–H groups in total. The van der Waals surface area contributed by atoms with Gasteiger partial charge in [-0.05, 0) is 0 Å². The summed E-state index contributed by atoms with van der Waals surface area (Å²) in [5.41, 5.74) is 0. The Morgan fingerprint density at radius 2 is 1.21 bits per heavy atom. The predicted octanol–water partition coefficient (Wildman–Crippen LogP) is 5.43. The summed E-state index contributed by atoms with van der Waals surface area (Å²) in [6.07, 6.45) is 6.96. The average Bonchev–Trinajstić information content (AvgIpc) is 2.75. The molecule has 0 aromatic carbocycles. The van der Waals surface area contributed by atoms with Gasteiger partial charge >= 0.3 is 95.0 Å². The molecule has 0 aromatic rings. The van der Waals surface area contributed by atoms with Crippen molar-refractivity contribution in [1.29, 1.82) is 0 Å². The second kappa shape index (κ2) is 2.73. The summed E-state index contributed by atoms with van der Waals surface area (Å²) in [4.78, 5) is 0. The average molecular weight is 398 g/mol. The van der Waals surface area contributed by atoms with E-state index in [0.717, 1.165) is 9.70 Å². The van der Waals surface area contributed by atoms with E-state index in [2.05, 4.69) is 12.2 Å². The molecule has 119 valence electrons. The van der Waals surface area contributed by atoms with E-state index in [0.29, 0.717) is 0 Å². The summed E-state index contributed by atoms with van der Waals surface area (Å²) >= 11 is -6.13. The number of hydrogen-bond donors (Lipinski definition) is 0. The van der Waals surface area contributed by atoms with E-state index in [1.807, 2.05) is 29.2 Å². The molecule has 3 nitrogen and oxygen atoms in total. The fourth-order valence-electron chi connectivity index (χ4n) is 2.24. The van der Waals surface area contributed by atoms with Crippen LogP contribution in [0.15, 0.2) is 21.5 Å². The van der Waals surface area contributed by atoms with Gasteiger partial charge in [0.05, 0.1) is 0 Å². The quantitative estimate of drug-likeness (QED) is 0.633. The molecule has 0 heterocycles. The fourth-order valence-corrected chi connectivity index (χ4v) is 11.6. The third-order valence-corrected chi connectivity index (χ3v) is 36.4. The molecule has 0 saturated carbocycles. The third kappa shape index (κ3) is 2.33. The van der Waals surface area contributed by atoms with Crippen molar-refractivity contribution in [2.75, 3.05) is 21.3 Å². The van der Waals surface area contributed by atoms with Gasteiger partial charge in [-0.1, -0.05) is 0 Å². The first-order valence-electron chi connectivity index (χ1n) is 6.30. The van der Waals surface area contributed by atoms with Gasteiger partial charge in [-0.15, -0.1) is 24.8 Å². The minimum Gasteiger partial charge on any atom is -0.147 e. The van der Waals surface area contributed by atoms with Crippen LogP contribution in [0.3, 0.4) is 0 Å². The summed E-state index contributed by atoms with van der Waals surface area (Å²) in [6, 6.07) is 0. The molecule has 0 spiro atoms. The molecule has 0 radical (unpaired) electrons. The van der Waals surface area contributed by atoms with Crippen LogP contribution in [-0.2, 0) is 22.6 Å². The monoisotopic (exact) mass is 395 g/mol. The van der Waals surface area contributed by atoms with E-state index in [4.69, 9.17) is 8.44 Å². The summed E-state index contributed by atoms with van der Waals surface area (Å²) in [6.45, 7) is 0. The first-order valence-corrected chi connectivity index (χ1v) is 22.8. The zero-order valence-electron chi connectivity index (χ0n) is 13.5. The summed E-state index contributed by atoms with van der Waals surface area (Å²) in [5, 5.41) is 0. The van der Waals surface area contributed by atoms with E-state index in [1.165, 1.54) is 0 Å². The molecule has 19 heavy (non-hydrogen) atoms. The number of rotatable bonds is 4. The van der Waals surface area contributed by atoms with Gasteiger partial charge in [0, 0.05) is 0 Å². The number of allylic oxidation sites excluding steroid dienone is 4. The van der Waals surface area contributed by atoms with Gasteiger partial charge in [-0.25, -0.2) is 0 Å². The van der Waals surface area contributed by atoms with Crippen LogP contribution in [0.1, 0.15) is 6.42 Å². The van der Waals surface area contributed by atoms with Gasteiger partial charge in [0.15, 0.2) is 0 Å². The Labute approximate surface area is 119 Å². The van der Waals surface area contributed by atoms with Crippen LogP contribution in [0.4, 0.5) is 0 Å².